The van der Waals surface area contributed by atoms with E-state index < -0.39 is 0 Å². The molecule has 1 aromatic carbocycles. The van der Waals surface area contributed by atoms with Crippen LogP contribution >= 0.6 is 0 Å². The molecule has 3 nitrogen and oxygen atoms in total. The maximum atomic E-state index is 5.96. The van der Waals surface area contributed by atoms with E-state index in [1.54, 1.807) is 0 Å². The zero-order valence-electron chi connectivity index (χ0n) is 13.1. The smallest absolute Gasteiger partial charge is 0.396 e. The number of nitrogens with zero attached hydrogens (tertiary/aromatic N) is 2. The third kappa shape index (κ3) is 1.87. The van der Waals surface area contributed by atoms with E-state index in [2.05, 4.69) is 72.9 Å². The van der Waals surface area contributed by atoms with Crippen molar-refractivity contribution in [3.8, 4) is 0 Å². The molecule has 0 saturated heterocycles. The Hall–Kier alpha value is -2.49. The number of aryl methyl sites for hydroxylation is 2. The highest BCUT2D eigenvalue weighted by Gasteiger charge is 2.34. The average molecular weight is 289 g/mol. The fourth-order valence-corrected chi connectivity index (χ4v) is 3.26. The van der Waals surface area contributed by atoms with Gasteiger partial charge in [-0.1, -0.05) is 18.1 Å². The summed E-state index contributed by atoms with van der Waals surface area (Å²) in [7, 11) is 4.23. The van der Waals surface area contributed by atoms with Crippen molar-refractivity contribution < 1.29 is 8.98 Å². The van der Waals surface area contributed by atoms with Gasteiger partial charge in [-0.3, -0.25) is 0 Å². The number of pyridine rings is 1. The van der Waals surface area contributed by atoms with Gasteiger partial charge in [-0.2, -0.15) is 0 Å². The Morgan fingerprint density at radius 2 is 2.00 bits per heavy atom. The zero-order chi connectivity index (χ0) is 15.3. The Balaban J connectivity index is 1.88. The molecule has 3 aromatic rings. The van der Waals surface area contributed by atoms with E-state index in [0.29, 0.717) is 0 Å². The molecule has 0 radical (unpaired) electrons. The van der Waals surface area contributed by atoms with Gasteiger partial charge in [0.1, 0.15) is 18.4 Å². The molecular weight excluding hydrogens is 271 g/mol. The first-order valence-electron chi connectivity index (χ1n) is 7.54. The van der Waals surface area contributed by atoms with Crippen LogP contribution in [0.25, 0.3) is 17.0 Å². The molecule has 0 aliphatic carbocycles. The second-order valence-corrected chi connectivity index (χ2v) is 5.97. The second-order valence-electron chi connectivity index (χ2n) is 5.97. The number of para-hydroxylation sites is 1. The van der Waals surface area contributed by atoms with Gasteiger partial charge in [-0.15, -0.1) is 0 Å². The van der Waals surface area contributed by atoms with Crippen molar-refractivity contribution >= 4 is 35.2 Å². The van der Waals surface area contributed by atoms with Gasteiger partial charge < -0.3 is 9.23 Å². The predicted molar refractivity (Wildman–Crippen MR) is 91.4 cm³/mol. The Kier molecular flexibility index (Phi) is 2.86. The molecule has 4 rings (SSSR count). The number of benzene rings is 1. The molecule has 22 heavy (non-hydrogen) atoms. The number of hydrogen-bond acceptors (Lipinski definition) is 2. The molecule has 0 amide bonds. The molecule has 0 atom stereocenters. The largest absolute Gasteiger partial charge is 0.455 e. The van der Waals surface area contributed by atoms with Crippen LogP contribution in [-0.2, 0) is 7.05 Å². The van der Waals surface area contributed by atoms with Gasteiger partial charge in [0, 0.05) is 17.5 Å². The fraction of sp³-hybridized carbons (Fsp3) is 0.167. The van der Waals surface area contributed by atoms with Gasteiger partial charge >= 0.3 is 6.85 Å². The Labute approximate surface area is 130 Å². The maximum absolute atomic E-state index is 5.96. The SMILES string of the molecule is Cc1cc[n+](C)c(B2C=Cc3oc4ccccc4c3N2C)c1. The molecule has 1 aliphatic rings. The molecule has 1 aliphatic heterocycles. The monoisotopic (exact) mass is 289 g/mol. The summed E-state index contributed by atoms with van der Waals surface area (Å²) in [5.74, 6) is 3.15. The summed E-state index contributed by atoms with van der Waals surface area (Å²) in [4.78, 5) is 2.30. The summed E-state index contributed by atoms with van der Waals surface area (Å²) in [5.41, 5.74) is 4.66. The fourth-order valence-electron chi connectivity index (χ4n) is 3.26. The van der Waals surface area contributed by atoms with Crippen molar-refractivity contribution in [2.75, 3.05) is 11.9 Å². The van der Waals surface area contributed by atoms with Gasteiger partial charge in [0.15, 0.2) is 11.8 Å². The summed E-state index contributed by atoms with van der Waals surface area (Å²) in [6, 6.07) is 12.6. The number of furan rings is 1. The van der Waals surface area contributed by atoms with E-state index in [9.17, 15) is 0 Å². The molecule has 4 heteroatoms. The standard InChI is InChI=1S/C18H18BN2O/c1-13-9-11-20(2)17(12-13)19-10-8-16-18(21(19)3)14-6-4-5-7-15(14)22-16/h4-12H,1-3H3/q+1. The Bertz CT molecular complexity index is 897. The van der Waals surface area contributed by atoms with Crippen molar-refractivity contribution in [3.63, 3.8) is 0 Å². The number of fused-ring (bicyclic) bond motifs is 3. The maximum Gasteiger partial charge on any atom is 0.396 e. The van der Waals surface area contributed by atoms with E-state index in [1.165, 1.54) is 22.2 Å². The quantitative estimate of drug-likeness (QED) is 0.506. The molecule has 0 fully saturated rings. The highest BCUT2D eigenvalue weighted by atomic mass is 16.3. The Morgan fingerprint density at radius 1 is 1.18 bits per heavy atom. The molecule has 0 saturated carbocycles. The van der Waals surface area contributed by atoms with Crippen molar-refractivity contribution in [2.24, 2.45) is 7.05 Å². The van der Waals surface area contributed by atoms with Crippen molar-refractivity contribution in [1.82, 2.24) is 0 Å². The van der Waals surface area contributed by atoms with Gasteiger partial charge in [0.2, 0.25) is 0 Å². The van der Waals surface area contributed by atoms with Gasteiger partial charge in [0.05, 0.1) is 5.69 Å². The van der Waals surface area contributed by atoms with Crippen molar-refractivity contribution in [3.05, 3.63) is 59.9 Å². The summed E-state index contributed by atoms with van der Waals surface area (Å²) < 4.78 is 8.15. The van der Waals surface area contributed by atoms with E-state index in [-0.39, 0.29) is 6.85 Å². The molecule has 0 bridgehead atoms. The minimum atomic E-state index is 0.207. The number of rotatable bonds is 1. The third-order valence-electron chi connectivity index (χ3n) is 4.44. The first-order chi connectivity index (χ1) is 10.6. The van der Waals surface area contributed by atoms with E-state index in [0.717, 1.165) is 11.3 Å². The summed E-state index contributed by atoms with van der Waals surface area (Å²) in [6.45, 7) is 2.34. The van der Waals surface area contributed by atoms with E-state index >= 15 is 0 Å². The first-order valence-corrected chi connectivity index (χ1v) is 7.54. The van der Waals surface area contributed by atoms with Crippen LogP contribution in [0.4, 0.5) is 5.69 Å². The lowest BCUT2D eigenvalue weighted by molar-refractivity contribution is -0.654. The van der Waals surface area contributed by atoms with Crippen LogP contribution < -0.4 is 15.0 Å². The van der Waals surface area contributed by atoms with Crippen LogP contribution in [0.5, 0.6) is 0 Å². The summed E-state index contributed by atoms with van der Waals surface area (Å²) in [5, 5.41) is 1.17. The van der Waals surface area contributed by atoms with E-state index in [1.807, 2.05) is 12.1 Å². The molecule has 2 aromatic heterocycles. The predicted octanol–water partition coefficient (Wildman–Crippen LogP) is 2.47. The minimum Gasteiger partial charge on any atom is -0.455 e. The molecule has 0 N–H and O–H groups in total. The van der Waals surface area contributed by atoms with Crippen LogP contribution in [0.2, 0.25) is 0 Å². The van der Waals surface area contributed by atoms with Gasteiger partial charge in [0.25, 0.3) is 0 Å². The summed E-state index contributed by atoms with van der Waals surface area (Å²) in [6.07, 6.45) is 4.22. The third-order valence-corrected chi connectivity index (χ3v) is 4.44. The highest BCUT2D eigenvalue weighted by Crippen LogP contribution is 2.36. The van der Waals surface area contributed by atoms with Crippen LogP contribution in [-0.4, -0.2) is 13.9 Å². The lowest BCUT2D eigenvalue weighted by Crippen LogP contribution is -2.60. The number of hydrogen-bond donors (Lipinski definition) is 0. The zero-order valence-corrected chi connectivity index (χ0v) is 13.1. The van der Waals surface area contributed by atoms with Gasteiger partial charge in [-0.25, -0.2) is 4.57 Å². The van der Waals surface area contributed by atoms with Crippen LogP contribution in [0.1, 0.15) is 11.3 Å². The van der Waals surface area contributed by atoms with E-state index in [4.69, 9.17) is 4.42 Å². The van der Waals surface area contributed by atoms with Crippen LogP contribution in [0.15, 0.2) is 53.0 Å². The lowest BCUT2D eigenvalue weighted by atomic mass is 9.55. The van der Waals surface area contributed by atoms with Crippen molar-refractivity contribution in [2.45, 2.75) is 6.92 Å². The normalized spacial score (nSPS) is 13.8. The summed E-state index contributed by atoms with van der Waals surface area (Å²) >= 11 is 0. The number of anilines is 1. The molecule has 0 unspecified atom stereocenters. The second kappa shape index (κ2) is 4.77. The van der Waals surface area contributed by atoms with Crippen molar-refractivity contribution in [1.29, 1.82) is 0 Å². The van der Waals surface area contributed by atoms with Gasteiger partial charge in [-0.05, 0) is 37.7 Å². The van der Waals surface area contributed by atoms with Crippen LogP contribution in [0.3, 0.4) is 0 Å². The molecular formula is C18H18BN2O+. The molecule has 3 heterocycles. The minimum absolute atomic E-state index is 0.207. The molecule has 0 spiro atoms. The lowest BCUT2D eigenvalue weighted by Gasteiger charge is -2.26. The van der Waals surface area contributed by atoms with Crippen LogP contribution in [0, 0.1) is 6.92 Å². The number of aromatic nitrogens is 1. The molecule has 108 valence electrons. The Morgan fingerprint density at radius 3 is 2.86 bits per heavy atom. The topological polar surface area (TPSA) is 20.3 Å². The first kappa shape index (κ1) is 13.2. The highest BCUT2D eigenvalue weighted by molar-refractivity contribution is 6.81. The average Bonchev–Trinajstić information content (AvgIpc) is 2.90.